The van der Waals surface area contributed by atoms with Crippen LogP contribution in [0.3, 0.4) is 0 Å². The molecular weight excluding hydrogens is 381 g/mol. The third-order valence-electron chi connectivity index (χ3n) is 3.74. The highest BCUT2D eigenvalue weighted by Gasteiger charge is 2.01. The Morgan fingerprint density at radius 2 is 1.67 bits per heavy atom. The molecular formula is C22H17Cl2NO2. The minimum absolute atomic E-state index is 0.237. The Balaban J connectivity index is 1.53. The van der Waals surface area contributed by atoms with Crippen molar-refractivity contribution >= 4 is 40.9 Å². The lowest BCUT2D eigenvalue weighted by atomic mass is 10.2. The number of halogens is 2. The Labute approximate surface area is 168 Å². The van der Waals surface area contributed by atoms with Crippen LogP contribution in [0, 0.1) is 0 Å². The van der Waals surface area contributed by atoms with Gasteiger partial charge in [0.1, 0.15) is 12.4 Å². The molecule has 3 aromatic rings. The highest BCUT2D eigenvalue weighted by Crippen LogP contribution is 2.23. The number of benzene rings is 3. The second-order valence-corrected chi connectivity index (χ2v) is 6.61. The molecule has 0 aromatic heterocycles. The molecule has 27 heavy (non-hydrogen) atoms. The summed E-state index contributed by atoms with van der Waals surface area (Å²) in [4.78, 5) is 12.0. The predicted octanol–water partition coefficient (Wildman–Crippen LogP) is 6.22. The van der Waals surface area contributed by atoms with Crippen molar-refractivity contribution in [1.29, 1.82) is 0 Å². The third-order valence-corrected chi connectivity index (χ3v) is 4.48. The molecule has 0 heterocycles. The van der Waals surface area contributed by atoms with E-state index in [1.807, 2.05) is 42.5 Å². The van der Waals surface area contributed by atoms with Gasteiger partial charge in [0, 0.05) is 11.8 Å². The average Bonchev–Trinajstić information content (AvgIpc) is 2.69. The van der Waals surface area contributed by atoms with Crippen LogP contribution >= 0.6 is 23.2 Å². The zero-order valence-corrected chi connectivity index (χ0v) is 15.9. The van der Waals surface area contributed by atoms with Crippen LogP contribution in [0.25, 0.3) is 6.08 Å². The van der Waals surface area contributed by atoms with Crippen molar-refractivity contribution in [1.82, 2.24) is 0 Å². The molecule has 0 atom stereocenters. The van der Waals surface area contributed by atoms with E-state index in [2.05, 4.69) is 5.32 Å². The van der Waals surface area contributed by atoms with E-state index >= 15 is 0 Å². The fourth-order valence-corrected chi connectivity index (χ4v) is 2.65. The molecule has 0 fully saturated rings. The predicted molar refractivity (Wildman–Crippen MR) is 111 cm³/mol. The summed E-state index contributed by atoms with van der Waals surface area (Å²) >= 11 is 11.8. The maximum absolute atomic E-state index is 12.0. The smallest absolute Gasteiger partial charge is 0.248 e. The van der Waals surface area contributed by atoms with E-state index in [-0.39, 0.29) is 5.91 Å². The highest BCUT2D eigenvalue weighted by molar-refractivity contribution is 6.42. The summed E-state index contributed by atoms with van der Waals surface area (Å²) in [6.45, 7) is 0.499. The molecule has 0 saturated carbocycles. The summed E-state index contributed by atoms with van der Waals surface area (Å²) in [5, 5.41) is 3.73. The van der Waals surface area contributed by atoms with Crippen molar-refractivity contribution in [2.24, 2.45) is 0 Å². The van der Waals surface area contributed by atoms with E-state index in [9.17, 15) is 4.79 Å². The second kappa shape index (κ2) is 9.26. The third kappa shape index (κ3) is 5.88. The van der Waals surface area contributed by atoms with Crippen LogP contribution in [0.1, 0.15) is 11.1 Å². The molecule has 0 aliphatic rings. The molecule has 3 rings (SSSR count). The first kappa shape index (κ1) is 19.0. The van der Waals surface area contributed by atoms with Crippen LogP contribution in [0.5, 0.6) is 5.75 Å². The van der Waals surface area contributed by atoms with Gasteiger partial charge >= 0.3 is 0 Å². The van der Waals surface area contributed by atoms with E-state index < -0.39 is 0 Å². The van der Waals surface area contributed by atoms with Crippen molar-refractivity contribution in [3.63, 3.8) is 0 Å². The van der Waals surface area contributed by atoms with E-state index in [1.165, 1.54) is 6.08 Å². The lowest BCUT2D eigenvalue weighted by molar-refractivity contribution is -0.111. The molecule has 3 aromatic carbocycles. The minimum Gasteiger partial charge on any atom is -0.489 e. The molecule has 1 N–H and O–H groups in total. The summed E-state index contributed by atoms with van der Waals surface area (Å²) in [7, 11) is 0. The van der Waals surface area contributed by atoms with Gasteiger partial charge < -0.3 is 10.1 Å². The topological polar surface area (TPSA) is 38.3 Å². The van der Waals surface area contributed by atoms with Crippen molar-refractivity contribution in [2.75, 3.05) is 5.32 Å². The fourth-order valence-electron chi connectivity index (χ4n) is 2.35. The zero-order chi connectivity index (χ0) is 19.1. The van der Waals surface area contributed by atoms with Crippen LogP contribution in [0.4, 0.5) is 5.69 Å². The average molecular weight is 398 g/mol. The normalized spacial score (nSPS) is 10.7. The number of hydrogen-bond donors (Lipinski definition) is 1. The minimum atomic E-state index is -0.237. The number of ether oxygens (including phenoxy) is 1. The van der Waals surface area contributed by atoms with Gasteiger partial charge in [0.05, 0.1) is 10.0 Å². The maximum atomic E-state index is 12.0. The maximum Gasteiger partial charge on any atom is 0.248 e. The van der Waals surface area contributed by atoms with Gasteiger partial charge in [-0.15, -0.1) is 0 Å². The number of carbonyl (C=O) groups excluding carboxylic acids is 1. The first-order valence-electron chi connectivity index (χ1n) is 8.31. The van der Waals surface area contributed by atoms with Crippen LogP contribution in [0.15, 0.2) is 78.9 Å². The van der Waals surface area contributed by atoms with E-state index in [4.69, 9.17) is 27.9 Å². The van der Waals surface area contributed by atoms with Gasteiger partial charge in [-0.2, -0.15) is 0 Å². The molecule has 136 valence electrons. The Hall–Kier alpha value is -2.75. The van der Waals surface area contributed by atoms with E-state index in [0.29, 0.717) is 22.3 Å². The molecule has 0 bridgehead atoms. The van der Waals surface area contributed by atoms with Crippen LogP contribution < -0.4 is 10.1 Å². The summed E-state index contributed by atoms with van der Waals surface area (Å²) in [6, 6.07) is 22.4. The van der Waals surface area contributed by atoms with Gasteiger partial charge in [-0.25, -0.2) is 0 Å². The molecule has 0 saturated heterocycles. The van der Waals surface area contributed by atoms with Gasteiger partial charge in [0.15, 0.2) is 0 Å². The molecule has 5 heteroatoms. The van der Waals surface area contributed by atoms with Gasteiger partial charge in [-0.05, 0) is 53.6 Å². The number of carbonyl (C=O) groups is 1. The SMILES string of the molecule is O=C(C=Cc1ccc(Cl)c(Cl)c1)Nc1ccc(OCc2ccccc2)cc1. The molecule has 0 aliphatic carbocycles. The summed E-state index contributed by atoms with van der Waals surface area (Å²) in [5.74, 6) is 0.502. The number of rotatable bonds is 6. The number of anilines is 1. The lowest BCUT2D eigenvalue weighted by Crippen LogP contribution is -2.07. The lowest BCUT2D eigenvalue weighted by Gasteiger charge is -2.07. The standard InChI is InChI=1S/C22H17Cl2NO2/c23-20-12-6-16(14-21(20)24)7-13-22(26)25-18-8-10-19(11-9-18)27-15-17-4-2-1-3-5-17/h1-14H,15H2,(H,25,26). The Morgan fingerprint density at radius 3 is 2.37 bits per heavy atom. The molecule has 0 spiro atoms. The number of amides is 1. The van der Waals surface area contributed by atoms with Crippen LogP contribution in [0.2, 0.25) is 10.0 Å². The summed E-state index contributed by atoms with van der Waals surface area (Å²) in [5.41, 5.74) is 2.58. The quantitative estimate of drug-likeness (QED) is 0.501. The zero-order valence-electron chi connectivity index (χ0n) is 14.4. The Bertz CT molecular complexity index is 938. The molecule has 3 nitrogen and oxygen atoms in total. The number of nitrogens with one attached hydrogen (secondary N) is 1. The van der Waals surface area contributed by atoms with Crippen molar-refractivity contribution in [2.45, 2.75) is 6.61 Å². The Morgan fingerprint density at radius 1 is 0.926 bits per heavy atom. The molecule has 0 unspecified atom stereocenters. The Kier molecular flexibility index (Phi) is 6.53. The van der Waals surface area contributed by atoms with E-state index in [1.54, 1.807) is 36.4 Å². The van der Waals surface area contributed by atoms with Crippen molar-refractivity contribution in [3.05, 3.63) is 100 Å². The number of hydrogen-bond acceptors (Lipinski definition) is 2. The van der Waals surface area contributed by atoms with Crippen molar-refractivity contribution in [3.8, 4) is 5.75 Å². The molecule has 1 amide bonds. The van der Waals surface area contributed by atoms with Gasteiger partial charge in [-0.1, -0.05) is 59.6 Å². The summed E-state index contributed by atoms with van der Waals surface area (Å²) in [6.07, 6.45) is 3.12. The summed E-state index contributed by atoms with van der Waals surface area (Å²) < 4.78 is 5.73. The van der Waals surface area contributed by atoms with Crippen LogP contribution in [-0.2, 0) is 11.4 Å². The largest absolute Gasteiger partial charge is 0.489 e. The van der Waals surface area contributed by atoms with Gasteiger partial charge in [0.2, 0.25) is 5.91 Å². The van der Waals surface area contributed by atoms with Gasteiger partial charge in [0.25, 0.3) is 0 Å². The van der Waals surface area contributed by atoms with Crippen molar-refractivity contribution < 1.29 is 9.53 Å². The first-order valence-corrected chi connectivity index (χ1v) is 9.07. The monoisotopic (exact) mass is 397 g/mol. The molecule has 0 aliphatic heterocycles. The fraction of sp³-hybridized carbons (Fsp3) is 0.0455. The highest BCUT2D eigenvalue weighted by atomic mass is 35.5. The van der Waals surface area contributed by atoms with Gasteiger partial charge in [-0.3, -0.25) is 4.79 Å². The van der Waals surface area contributed by atoms with E-state index in [0.717, 1.165) is 16.9 Å². The second-order valence-electron chi connectivity index (χ2n) is 5.79. The molecule has 0 radical (unpaired) electrons. The van der Waals surface area contributed by atoms with Crippen LogP contribution in [-0.4, -0.2) is 5.91 Å². The first-order chi connectivity index (χ1) is 13.1.